The topological polar surface area (TPSA) is 0 Å². The Morgan fingerprint density at radius 3 is 2.61 bits per heavy atom. The van der Waals surface area contributed by atoms with E-state index in [-0.39, 0.29) is 0 Å². The van der Waals surface area contributed by atoms with Gasteiger partial charge in [-0.05, 0) is 48.1 Å². The molecule has 0 amide bonds. The van der Waals surface area contributed by atoms with Crippen molar-refractivity contribution in [2.75, 3.05) is 0 Å². The van der Waals surface area contributed by atoms with E-state index in [9.17, 15) is 0 Å². The van der Waals surface area contributed by atoms with Gasteiger partial charge in [0.25, 0.3) is 0 Å². The summed E-state index contributed by atoms with van der Waals surface area (Å²) in [7, 11) is 0. The van der Waals surface area contributed by atoms with Crippen molar-refractivity contribution in [2.45, 2.75) is 26.2 Å². The van der Waals surface area contributed by atoms with Crippen LogP contribution in [0, 0.1) is 13.8 Å². The summed E-state index contributed by atoms with van der Waals surface area (Å²) in [5, 5.41) is 0. The molecule has 0 heterocycles. The average Bonchev–Trinajstić information content (AvgIpc) is 2.41. The van der Waals surface area contributed by atoms with Crippen molar-refractivity contribution >= 4 is 6.08 Å². The molecule has 1 aliphatic carbocycles. The standard InChI is InChI=1S/C18H18/c1-13-10-11-16(12-14(13)2)18-9-5-7-15-6-3-4-8-17(15)18/h3-8,10-12,18H,9H2,1-2H3. The molecular formula is C18H18. The second-order valence-electron chi connectivity index (χ2n) is 5.16. The molecule has 0 nitrogen and oxygen atoms in total. The molecule has 1 unspecified atom stereocenters. The van der Waals surface area contributed by atoms with Crippen molar-refractivity contribution < 1.29 is 0 Å². The van der Waals surface area contributed by atoms with E-state index in [0.29, 0.717) is 5.92 Å². The largest absolute Gasteiger partial charge is 0.0830 e. The van der Waals surface area contributed by atoms with Crippen molar-refractivity contribution in [2.24, 2.45) is 0 Å². The van der Waals surface area contributed by atoms with Crippen molar-refractivity contribution in [1.29, 1.82) is 0 Å². The number of benzene rings is 2. The van der Waals surface area contributed by atoms with Crippen LogP contribution in [0.1, 0.15) is 40.2 Å². The monoisotopic (exact) mass is 234 g/mol. The molecule has 0 fully saturated rings. The Balaban J connectivity index is 2.08. The molecule has 0 heteroatoms. The Labute approximate surface area is 109 Å². The van der Waals surface area contributed by atoms with Crippen molar-refractivity contribution in [3.05, 3.63) is 76.4 Å². The third kappa shape index (κ3) is 1.88. The first-order chi connectivity index (χ1) is 8.75. The molecule has 2 aromatic carbocycles. The zero-order valence-electron chi connectivity index (χ0n) is 11.0. The van der Waals surface area contributed by atoms with Crippen LogP contribution in [-0.2, 0) is 0 Å². The van der Waals surface area contributed by atoms with Gasteiger partial charge >= 0.3 is 0 Å². The highest BCUT2D eigenvalue weighted by molar-refractivity contribution is 5.59. The zero-order valence-corrected chi connectivity index (χ0v) is 11.0. The highest BCUT2D eigenvalue weighted by Crippen LogP contribution is 2.35. The minimum Gasteiger partial charge on any atom is -0.0830 e. The summed E-state index contributed by atoms with van der Waals surface area (Å²) < 4.78 is 0. The van der Waals surface area contributed by atoms with Crippen molar-refractivity contribution in [3.63, 3.8) is 0 Å². The van der Waals surface area contributed by atoms with Crippen LogP contribution in [0.2, 0.25) is 0 Å². The molecule has 18 heavy (non-hydrogen) atoms. The lowest BCUT2D eigenvalue weighted by Gasteiger charge is -2.22. The van der Waals surface area contributed by atoms with Gasteiger partial charge in [-0.2, -0.15) is 0 Å². The van der Waals surface area contributed by atoms with Gasteiger partial charge in [-0.25, -0.2) is 0 Å². The van der Waals surface area contributed by atoms with Gasteiger partial charge in [0.15, 0.2) is 0 Å². The van der Waals surface area contributed by atoms with E-state index in [2.05, 4.69) is 68.5 Å². The Morgan fingerprint density at radius 1 is 0.944 bits per heavy atom. The maximum Gasteiger partial charge on any atom is 0.0130 e. The summed E-state index contributed by atoms with van der Waals surface area (Å²) in [6, 6.07) is 15.6. The maximum atomic E-state index is 2.34. The van der Waals surface area contributed by atoms with E-state index in [1.54, 1.807) is 0 Å². The maximum absolute atomic E-state index is 2.34. The van der Waals surface area contributed by atoms with Crippen LogP contribution >= 0.6 is 0 Å². The highest BCUT2D eigenvalue weighted by atomic mass is 14.2. The van der Waals surface area contributed by atoms with Crippen LogP contribution in [0.25, 0.3) is 6.08 Å². The molecule has 0 N–H and O–H groups in total. The quantitative estimate of drug-likeness (QED) is 0.661. The van der Waals surface area contributed by atoms with E-state index < -0.39 is 0 Å². The second kappa shape index (κ2) is 4.45. The molecule has 1 aliphatic rings. The van der Waals surface area contributed by atoms with Crippen molar-refractivity contribution in [3.8, 4) is 0 Å². The van der Waals surface area contributed by atoms with Gasteiger partial charge in [-0.3, -0.25) is 0 Å². The van der Waals surface area contributed by atoms with Gasteiger partial charge in [0, 0.05) is 5.92 Å². The summed E-state index contributed by atoms with van der Waals surface area (Å²) in [6.07, 6.45) is 5.65. The number of allylic oxidation sites excluding steroid dienone is 1. The van der Waals surface area contributed by atoms with Crippen LogP contribution in [0.3, 0.4) is 0 Å². The Bertz CT molecular complexity index is 605. The molecule has 90 valence electrons. The molecule has 0 saturated heterocycles. The van der Waals surface area contributed by atoms with Crippen molar-refractivity contribution in [1.82, 2.24) is 0 Å². The predicted molar refractivity (Wildman–Crippen MR) is 77.9 cm³/mol. The van der Waals surface area contributed by atoms with E-state index in [1.807, 2.05) is 0 Å². The number of fused-ring (bicyclic) bond motifs is 1. The third-order valence-electron chi connectivity index (χ3n) is 3.97. The molecule has 0 bridgehead atoms. The van der Waals surface area contributed by atoms with E-state index in [1.165, 1.54) is 27.8 Å². The van der Waals surface area contributed by atoms with Crippen LogP contribution in [0.5, 0.6) is 0 Å². The fourth-order valence-corrected chi connectivity index (χ4v) is 2.74. The number of hydrogen-bond donors (Lipinski definition) is 0. The molecule has 2 aromatic rings. The minimum absolute atomic E-state index is 0.519. The molecule has 3 rings (SSSR count). The number of hydrogen-bond acceptors (Lipinski definition) is 0. The highest BCUT2D eigenvalue weighted by Gasteiger charge is 2.18. The summed E-state index contributed by atoms with van der Waals surface area (Å²) >= 11 is 0. The lowest BCUT2D eigenvalue weighted by molar-refractivity contribution is 0.817. The van der Waals surface area contributed by atoms with Gasteiger partial charge in [0.2, 0.25) is 0 Å². The van der Waals surface area contributed by atoms with Crippen LogP contribution in [-0.4, -0.2) is 0 Å². The second-order valence-corrected chi connectivity index (χ2v) is 5.16. The lowest BCUT2D eigenvalue weighted by Crippen LogP contribution is -2.05. The fraction of sp³-hybridized carbons (Fsp3) is 0.222. The Kier molecular flexibility index (Phi) is 2.79. The van der Waals surface area contributed by atoms with Gasteiger partial charge in [0.05, 0.1) is 0 Å². The summed E-state index contributed by atoms with van der Waals surface area (Å²) in [4.78, 5) is 0. The zero-order chi connectivity index (χ0) is 12.5. The molecule has 0 saturated carbocycles. The molecule has 0 spiro atoms. The lowest BCUT2D eigenvalue weighted by atomic mass is 9.82. The minimum atomic E-state index is 0.519. The Morgan fingerprint density at radius 2 is 1.78 bits per heavy atom. The molecular weight excluding hydrogens is 216 g/mol. The third-order valence-corrected chi connectivity index (χ3v) is 3.97. The van der Waals surface area contributed by atoms with E-state index in [0.717, 1.165) is 6.42 Å². The smallest absolute Gasteiger partial charge is 0.0130 e. The molecule has 0 aromatic heterocycles. The first-order valence-electron chi connectivity index (χ1n) is 6.58. The summed E-state index contributed by atoms with van der Waals surface area (Å²) in [5.41, 5.74) is 7.03. The summed E-state index contributed by atoms with van der Waals surface area (Å²) in [6.45, 7) is 4.37. The first-order valence-corrected chi connectivity index (χ1v) is 6.58. The Hall–Kier alpha value is -1.82. The number of aryl methyl sites for hydroxylation is 2. The normalized spacial score (nSPS) is 17.6. The fourth-order valence-electron chi connectivity index (χ4n) is 2.74. The van der Waals surface area contributed by atoms with Crippen LogP contribution in [0.15, 0.2) is 48.5 Å². The molecule has 0 radical (unpaired) electrons. The predicted octanol–water partition coefficient (Wildman–Crippen LogP) is 4.85. The van der Waals surface area contributed by atoms with Gasteiger partial charge in [-0.15, -0.1) is 0 Å². The molecule has 0 aliphatic heterocycles. The van der Waals surface area contributed by atoms with E-state index in [4.69, 9.17) is 0 Å². The molecule has 1 atom stereocenters. The first kappa shape index (κ1) is 11.3. The number of rotatable bonds is 1. The summed E-state index contributed by atoms with van der Waals surface area (Å²) in [5.74, 6) is 0.519. The average molecular weight is 234 g/mol. The van der Waals surface area contributed by atoms with Gasteiger partial charge < -0.3 is 0 Å². The van der Waals surface area contributed by atoms with Gasteiger partial charge in [-0.1, -0.05) is 54.6 Å². The van der Waals surface area contributed by atoms with Gasteiger partial charge in [0.1, 0.15) is 0 Å². The van der Waals surface area contributed by atoms with E-state index >= 15 is 0 Å². The van der Waals surface area contributed by atoms with Crippen LogP contribution in [0.4, 0.5) is 0 Å². The van der Waals surface area contributed by atoms with Crippen LogP contribution < -0.4 is 0 Å². The SMILES string of the molecule is Cc1ccc(C2CC=Cc3ccccc32)cc1C.